The van der Waals surface area contributed by atoms with Crippen LogP contribution in [0.1, 0.15) is 5.56 Å². The van der Waals surface area contributed by atoms with Gasteiger partial charge in [0.2, 0.25) is 10.9 Å². The molecule has 0 unspecified atom stereocenters. The van der Waals surface area contributed by atoms with Gasteiger partial charge >= 0.3 is 0 Å². The van der Waals surface area contributed by atoms with E-state index in [0.29, 0.717) is 38.3 Å². The molecule has 6 rings (SSSR count). The summed E-state index contributed by atoms with van der Waals surface area (Å²) >= 11 is 6.99. The zero-order valence-electron chi connectivity index (χ0n) is 18.4. The highest BCUT2D eigenvalue weighted by Gasteiger charge is 2.35. The maximum absolute atomic E-state index is 13.5. The van der Waals surface area contributed by atoms with Crippen LogP contribution in [0.25, 0.3) is 21.9 Å². The summed E-state index contributed by atoms with van der Waals surface area (Å²) < 4.78 is 1.42. The monoisotopic (exact) mass is 514 g/mol. The number of anilines is 2. The molecule has 36 heavy (non-hydrogen) atoms. The number of nitrogens with one attached hydrogen (secondary N) is 1. The molecule has 1 aliphatic heterocycles. The van der Waals surface area contributed by atoms with Crippen LogP contribution in [0.3, 0.4) is 0 Å². The lowest BCUT2D eigenvalue weighted by molar-refractivity contribution is -0.118. The number of pyridine rings is 1. The number of nitrogens with zero attached hydrogens (tertiary/aromatic N) is 5. The van der Waals surface area contributed by atoms with E-state index >= 15 is 0 Å². The number of aromatic nitrogens is 4. The summed E-state index contributed by atoms with van der Waals surface area (Å²) in [7, 11) is 0. The molecule has 1 N–H and O–H groups in total. The van der Waals surface area contributed by atoms with Crippen LogP contribution in [0.15, 0.2) is 77.9 Å². The zero-order valence-corrected chi connectivity index (χ0v) is 20.0. The first-order chi connectivity index (χ1) is 17.5. The Hall–Kier alpha value is -4.41. The summed E-state index contributed by atoms with van der Waals surface area (Å²) in [5.74, 6) is -0.439. The van der Waals surface area contributed by atoms with E-state index in [0.717, 1.165) is 11.3 Å². The third kappa shape index (κ3) is 3.72. The molecule has 0 atom stereocenters. The molecular weight excluding hydrogens is 500 g/mol. The van der Waals surface area contributed by atoms with Gasteiger partial charge in [-0.05, 0) is 42.5 Å². The van der Waals surface area contributed by atoms with Gasteiger partial charge in [0.25, 0.3) is 11.5 Å². The van der Waals surface area contributed by atoms with Crippen LogP contribution in [0.4, 0.5) is 11.4 Å². The van der Waals surface area contributed by atoms with Crippen molar-refractivity contribution in [2.45, 2.75) is 0 Å². The number of para-hydroxylation sites is 1. The van der Waals surface area contributed by atoms with Crippen molar-refractivity contribution in [2.24, 2.45) is 0 Å². The highest BCUT2D eigenvalue weighted by molar-refractivity contribution is 7.15. The number of fused-ring (bicyclic) bond motifs is 2. The van der Waals surface area contributed by atoms with Crippen LogP contribution in [-0.4, -0.2) is 37.9 Å². The lowest BCUT2D eigenvalue weighted by atomic mass is 10.1. The van der Waals surface area contributed by atoms with Crippen LogP contribution in [0, 0.1) is 0 Å². The van der Waals surface area contributed by atoms with Crippen molar-refractivity contribution in [2.75, 3.05) is 16.8 Å². The van der Waals surface area contributed by atoms with E-state index in [1.54, 1.807) is 73.1 Å². The summed E-state index contributed by atoms with van der Waals surface area (Å²) in [6.45, 7) is -0.220. The Labute approximate surface area is 212 Å². The first kappa shape index (κ1) is 22.1. The molecule has 0 fully saturated rings. The minimum absolute atomic E-state index is 0.220. The third-order valence-electron chi connectivity index (χ3n) is 5.66. The molecule has 4 heterocycles. The molecule has 0 saturated heterocycles. The Morgan fingerprint density at radius 2 is 1.83 bits per heavy atom. The molecule has 0 radical (unpaired) electrons. The molecule has 176 valence electrons. The second kappa shape index (κ2) is 8.67. The Morgan fingerprint density at radius 1 is 1.03 bits per heavy atom. The zero-order chi connectivity index (χ0) is 24.8. The van der Waals surface area contributed by atoms with Crippen molar-refractivity contribution < 1.29 is 9.59 Å². The number of thiazole rings is 1. The van der Waals surface area contributed by atoms with Gasteiger partial charge in [-0.2, -0.15) is 9.50 Å². The van der Waals surface area contributed by atoms with E-state index in [9.17, 15) is 14.4 Å². The van der Waals surface area contributed by atoms with E-state index in [-0.39, 0.29) is 22.6 Å². The van der Waals surface area contributed by atoms with Gasteiger partial charge in [0.15, 0.2) is 5.82 Å². The molecule has 2 aromatic carbocycles. The average molecular weight is 515 g/mol. The minimum atomic E-state index is -0.441. The van der Waals surface area contributed by atoms with Crippen molar-refractivity contribution in [3.63, 3.8) is 0 Å². The Balaban J connectivity index is 1.39. The van der Waals surface area contributed by atoms with Gasteiger partial charge in [-0.1, -0.05) is 41.1 Å². The van der Waals surface area contributed by atoms with E-state index in [2.05, 4.69) is 20.4 Å². The molecule has 0 spiro atoms. The second-order valence-corrected chi connectivity index (χ2v) is 9.36. The fourth-order valence-electron chi connectivity index (χ4n) is 4.04. The summed E-state index contributed by atoms with van der Waals surface area (Å²) in [4.78, 5) is 49.8. The van der Waals surface area contributed by atoms with Crippen LogP contribution in [-0.2, 0) is 9.59 Å². The molecule has 0 bridgehead atoms. The third-order valence-corrected chi connectivity index (χ3v) is 6.94. The van der Waals surface area contributed by atoms with Gasteiger partial charge in [-0.25, -0.2) is 0 Å². The fourth-order valence-corrected chi connectivity index (χ4v) is 5.16. The molecule has 0 saturated carbocycles. The van der Waals surface area contributed by atoms with Gasteiger partial charge in [0, 0.05) is 34.2 Å². The Kier molecular flexibility index (Phi) is 5.32. The summed E-state index contributed by atoms with van der Waals surface area (Å²) in [6.07, 6.45) is 3.25. The summed E-state index contributed by atoms with van der Waals surface area (Å²) in [5.41, 5.74) is 2.17. The lowest BCUT2D eigenvalue weighted by Gasteiger charge is -2.16. The van der Waals surface area contributed by atoms with E-state index in [4.69, 9.17) is 11.6 Å². The number of carbonyl (C=O) groups excluding carboxylic acids is 2. The molecule has 5 aromatic rings. The molecule has 1 aliphatic rings. The number of rotatable bonds is 4. The first-order valence-corrected chi connectivity index (χ1v) is 12.0. The van der Waals surface area contributed by atoms with Gasteiger partial charge in [-0.3, -0.25) is 24.3 Å². The van der Waals surface area contributed by atoms with Crippen molar-refractivity contribution in [3.05, 3.63) is 98.5 Å². The Morgan fingerprint density at radius 3 is 2.58 bits per heavy atom. The average Bonchev–Trinajstić information content (AvgIpc) is 3.52. The predicted molar refractivity (Wildman–Crippen MR) is 137 cm³/mol. The van der Waals surface area contributed by atoms with E-state index < -0.39 is 11.5 Å². The normalized spacial score (nSPS) is 14.4. The smallest absolute Gasteiger partial charge is 0.291 e. The minimum Gasteiger partial charge on any atom is -0.325 e. The van der Waals surface area contributed by atoms with Gasteiger partial charge in [0.05, 0.1) is 11.3 Å². The quantitative estimate of drug-likeness (QED) is 0.395. The van der Waals surface area contributed by atoms with Crippen LogP contribution in [0.5, 0.6) is 0 Å². The van der Waals surface area contributed by atoms with E-state index in [1.807, 2.05) is 0 Å². The largest absolute Gasteiger partial charge is 0.325 e. The Bertz CT molecular complexity index is 1770. The maximum atomic E-state index is 13.5. The molecule has 2 amide bonds. The number of hydrogen-bond donors (Lipinski definition) is 1. The van der Waals surface area contributed by atoms with Crippen molar-refractivity contribution in [3.8, 4) is 11.4 Å². The summed E-state index contributed by atoms with van der Waals surface area (Å²) in [5, 5.41) is 7.64. The van der Waals surface area contributed by atoms with Crippen molar-refractivity contribution >= 4 is 56.7 Å². The van der Waals surface area contributed by atoms with Gasteiger partial charge in [0.1, 0.15) is 11.1 Å². The van der Waals surface area contributed by atoms with Gasteiger partial charge < -0.3 is 5.32 Å². The van der Waals surface area contributed by atoms with E-state index in [1.165, 1.54) is 9.42 Å². The highest BCUT2D eigenvalue weighted by Crippen LogP contribution is 2.35. The number of amides is 2. The van der Waals surface area contributed by atoms with Crippen LogP contribution >= 0.6 is 22.9 Å². The molecule has 9 nitrogen and oxygen atoms in total. The highest BCUT2D eigenvalue weighted by atomic mass is 35.5. The number of benzene rings is 2. The fraction of sp³-hybridized carbons (Fsp3) is 0.0400. The predicted octanol–water partition coefficient (Wildman–Crippen LogP) is 2.77. The van der Waals surface area contributed by atoms with Crippen molar-refractivity contribution in [1.29, 1.82) is 0 Å². The second-order valence-electron chi connectivity index (χ2n) is 7.95. The number of halogens is 1. The number of carbonyl (C=O) groups is 2. The van der Waals surface area contributed by atoms with Crippen LogP contribution in [0.2, 0.25) is 5.02 Å². The SMILES string of the molecule is O=C(CN1C(=O)/C(=c2\sc3nc(-c4cccnc4)nn3c2=O)c2ccccc21)Nc1ccc(Cl)cc1. The molecular formula is C25H15ClN6O3S. The molecule has 0 aliphatic carbocycles. The van der Waals surface area contributed by atoms with Crippen LogP contribution < -0.4 is 20.3 Å². The first-order valence-electron chi connectivity index (χ1n) is 10.8. The topological polar surface area (TPSA) is 110 Å². The lowest BCUT2D eigenvalue weighted by Crippen LogP contribution is -2.37. The van der Waals surface area contributed by atoms with Crippen molar-refractivity contribution in [1.82, 2.24) is 19.6 Å². The molecule has 3 aromatic heterocycles. The standard InChI is InChI=1S/C25H15ClN6O3S/c26-15-7-9-16(10-8-15)28-19(33)13-31-18-6-2-1-5-17(18)20(23(31)34)21-24(35)32-25(36-21)29-22(30-32)14-4-3-11-27-12-14/h1-12H,13H2,(H,28,33)/b21-20-. The molecule has 11 heteroatoms. The van der Waals surface area contributed by atoms with Gasteiger partial charge in [-0.15, -0.1) is 5.10 Å². The number of hydrogen-bond acceptors (Lipinski definition) is 7. The summed E-state index contributed by atoms with van der Waals surface area (Å²) in [6, 6.07) is 17.3. The maximum Gasteiger partial charge on any atom is 0.291 e.